The lowest BCUT2D eigenvalue weighted by molar-refractivity contribution is 0.130. The molecule has 132 valence electrons. The van der Waals surface area contributed by atoms with Gasteiger partial charge >= 0.3 is 12.2 Å². The molecule has 0 radical (unpaired) electrons. The molecule has 0 spiro atoms. The van der Waals surface area contributed by atoms with Crippen molar-refractivity contribution in [1.29, 1.82) is 0 Å². The highest BCUT2D eigenvalue weighted by molar-refractivity contribution is 5.89. The van der Waals surface area contributed by atoms with Gasteiger partial charge in [0, 0.05) is 24.5 Å². The summed E-state index contributed by atoms with van der Waals surface area (Å²) < 4.78 is 23.5. The Morgan fingerprint density at radius 1 is 1.12 bits per heavy atom. The van der Waals surface area contributed by atoms with Crippen molar-refractivity contribution in [1.82, 2.24) is 0 Å². The van der Waals surface area contributed by atoms with Crippen LogP contribution in [0.15, 0.2) is 48.5 Å². The van der Waals surface area contributed by atoms with Crippen LogP contribution in [-0.4, -0.2) is 25.3 Å². The lowest BCUT2D eigenvalue weighted by Crippen LogP contribution is -2.29. The van der Waals surface area contributed by atoms with Gasteiger partial charge in [0.1, 0.15) is 11.6 Å². The molecule has 0 bridgehead atoms. The first-order chi connectivity index (χ1) is 11.8. The lowest BCUT2D eigenvalue weighted by Gasteiger charge is -2.17. The Kier molecular flexibility index (Phi) is 5.94. The zero-order chi connectivity index (χ0) is 18.4. The maximum atomic E-state index is 13.3. The predicted octanol–water partition coefficient (Wildman–Crippen LogP) is 4.42. The average molecular weight is 346 g/mol. The van der Waals surface area contributed by atoms with Gasteiger partial charge < -0.3 is 9.47 Å². The summed E-state index contributed by atoms with van der Waals surface area (Å²) in [7, 11) is 1.47. The Morgan fingerprint density at radius 2 is 1.84 bits per heavy atom. The van der Waals surface area contributed by atoms with Gasteiger partial charge in [-0.05, 0) is 44.2 Å². The van der Waals surface area contributed by atoms with E-state index in [1.807, 2.05) is 0 Å². The van der Waals surface area contributed by atoms with Crippen molar-refractivity contribution in [3.63, 3.8) is 0 Å². The van der Waals surface area contributed by atoms with E-state index in [2.05, 4.69) is 5.32 Å². The van der Waals surface area contributed by atoms with Crippen LogP contribution in [0.3, 0.4) is 0 Å². The number of halogens is 1. The summed E-state index contributed by atoms with van der Waals surface area (Å²) in [5.74, 6) is -0.220. The van der Waals surface area contributed by atoms with Crippen molar-refractivity contribution in [3.8, 4) is 5.75 Å². The Bertz CT molecular complexity index is 764. The Labute approximate surface area is 145 Å². The summed E-state index contributed by atoms with van der Waals surface area (Å²) in [6, 6.07) is 11.9. The number of carbonyl (C=O) groups excluding carboxylic acids is 2. The lowest BCUT2D eigenvalue weighted by atomic mass is 10.3. The Morgan fingerprint density at radius 3 is 2.52 bits per heavy atom. The second kappa shape index (κ2) is 8.14. The first-order valence-electron chi connectivity index (χ1n) is 7.64. The molecular formula is C18H19FN2O4. The van der Waals surface area contributed by atoms with Gasteiger partial charge in [-0.3, -0.25) is 10.2 Å². The van der Waals surface area contributed by atoms with Gasteiger partial charge in [0.25, 0.3) is 0 Å². The van der Waals surface area contributed by atoms with Crippen molar-refractivity contribution in [3.05, 3.63) is 54.3 Å². The SMILES string of the molecule is CC(C)OC(=O)Nc1cccc(OC(=O)N(C)c2cccc(F)c2)c1. The Balaban J connectivity index is 2.03. The van der Waals surface area contributed by atoms with E-state index in [1.165, 1.54) is 36.2 Å². The molecule has 2 amide bonds. The van der Waals surface area contributed by atoms with Gasteiger partial charge in [-0.1, -0.05) is 12.1 Å². The van der Waals surface area contributed by atoms with Gasteiger partial charge in [-0.2, -0.15) is 0 Å². The third-order valence-electron chi connectivity index (χ3n) is 3.10. The molecule has 0 aliphatic carbocycles. The van der Waals surface area contributed by atoms with E-state index in [0.29, 0.717) is 11.4 Å². The molecule has 0 atom stereocenters. The van der Waals surface area contributed by atoms with Crippen molar-refractivity contribution >= 4 is 23.6 Å². The summed E-state index contributed by atoms with van der Waals surface area (Å²) in [6.07, 6.45) is -1.54. The van der Waals surface area contributed by atoms with Crippen LogP contribution in [0.1, 0.15) is 13.8 Å². The number of hydrogen-bond donors (Lipinski definition) is 1. The largest absolute Gasteiger partial charge is 0.447 e. The maximum absolute atomic E-state index is 13.3. The molecule has 7 heteroatoms. The average Bonchev–Trinajstić information content (AvgIpc) is 2.53. The quantitative estimate of drug-likeness (QED) is 0.890. The second-order valence-corrected chi connectivity index (χ2v) is 5.51. The molecule has 6 nitrogen and oxygen atoms in total. The van der Waals surface area contributed by atoms with Crippen molar-refractivity contribution in [2.45, 2.75) is 20.0 Å². The fourth-order valence-electron chi connectivity index (χ4n) is 1.96. The second-order valence-electron chi connectivity index (χ2n) is 5.51. The van der Waals surface area contributed by atoms with E-state index in [9.17, 15) is 14.0 Å². The molecule has 0 saturated carbocycles. The van der Waals surface area contributed by atoms with Crippen LogP contribution in [0.5, 0.6) is 5.75 Å². The van der Waals surface area contributed by atoms with Crippen LogP contribution in [-0.2, 0) is 4.74 Å². The van der Waals surface area contributed by atoms with E-state index in [1.54, 1.807) is 38.1 Å². The van der Waals surface area contributed by atoms with Crippen molar-refractivity contribution in [2.75, 3.05) is 17.3 Å². The zero-order valence-electron chi connectivity index (χ0n) is 14.2. The van der Waals surface area contributed by atoms with Crippen LogP contribution >= 0.6 is 0 Å². The number of nitrogens with one attached hydrogen (secondary N) is 1. The smallest absolute Gasteiger partial charge is 0.419 e. The molecule has 2 aromatic rings. The molecule has 0 unspecified atom stereocenters. The van der Waals surface area contributed by atoms with Gasteiger partial charge in [0.2, 0.25) is 0 Å². The van der Waals surface area contributed by atoms with Gasteiger partial charge in [-0.15, -0.1) is 0 Å². The van der Waals surface area contributed by atoms with Crippen molar-refractivity contribution < 1.29 is 23.5 Å². The van der Waals surface area contributed by atoms with E-state index in [-0.39, 0.29) is 11.9 Å². The number of ether oxygens (including phenoxy) is 2. The summed E-state index contributed by atoms with van der Waals surface area (Å²) in [5.41, 5.74) is 0.782. The molecule has 2 aromatic carbocycles. The fraction of sp³-hybridized carbons (Fsp3) is 0.222. The van der Waals surface area contributed by atoms with E-state index >= 15 is 0 Å². The minimum absolute atomic E-state index is 0.232. The molecule has 0 aromatic heterocycles. The van der Waals surface area contributed by atoms with Crippen LogP contribution < -0.4 is 15.0 Å². The number of anilines is 2. The number of nitrogens with zero attached hydrogens (tertiary/aromatic N) is 1. The first kappa shape index (κ1) is 18.3. The minimum Gasteiger partial charge on any atom is -0.447 e. The number of hydrogen-bond acceptors (Lipinski definition) is 4. The standard InChI is InChI=1S/C18H19FN2O4/c1-12(2)24-17(22)20-14-7-5-9-16(11-14)25-18(23)21(3)15-8-4-6-13(19)10-15/h4-12H,1-3H3,(H,20,22). The molecule has 25 heavy (non-hydrogen) atoms. The molecule has 2 rings (SSSR count). The molecule has 0 aliphatic heterocycles. The highest BCUT2D eigenvalue weighted by atomic mass is 19.1. The monoisotopic (exact) mass is 346 g/mol. The predicted molar refractivity (Wildman–Crippen MR) is 92.5 cm³/mol. The number of rotatable bonds is 4. The van der Waals surface area contributed by atoms with Crippen molar-refractivity contribution in [2.24, 2.45) is 0 Å². The first-order valence-corrected chi connectivity index (χ1v) is 7.64. The Hall–Kier alpha value is -3.09. The van der Waals surface area contributed by atoms with Crippen LogP contribution in [0.4, 0.5) is 25.4 Å². The number of amides is 2. The molecular weight excluding hydrogens is 327 g/mol. The highest BCUT2D eigenvalue weighted by Gasteiger charge is 2.14. The highest BCUT2D eigenvalue weighted by Crippen LogP contribution is 2.20. The normalized spacial score (nSPS) is 10.3. The topological polar surface area (TPSA) is 67.9 Å². The summed E-state index contributed by atoms with van der Waals surface area (Å²) in [5, 5.41) is 2.54. The summed E-state index contributed by atoms with van der Waals surface area (Å²) >= 11 is 0. The molecule has 0 saturated heterocycles. The number of carbonyl (C=O) groups is 2. The molecule has 1 N–H and O–H groups in total. The van der Waals surface area contributed by atoms with Crippen LogP contribution in [0, 0.1) is 5.82 Å². The molecule has 0 fully saturated rings. The summed E-state index contributed by atoms with van der Waals surface area (Å²) in [4.78, 5) is 24.9. The molecule has 0 aliphatic rings. The minimum atomic E-state index is -0.687. The van der Waals surface area contributed by atoms with Crippen LogP contribution in [0.25, 0.3) is 0 Å². The molecule has 0 heterocycles. The van der Waals surface area contributed by atoms with Crippen LogP contribution in [0.2, 0.25) is 0 Å². The zero-order valence-corrected chi connectivity index (χ0v) is 14.2. The van der Waals surface area contributed by atoms with E-state index in [0.717, 1.165) is 0 Å². The van der Waals surface area contributed by atoms with E-state index < -0.39 is 18.0 Å². The third-order valence-corrected chi connectivity index (χ3v) is 3.10. The summed E-state index contributed by atoms with van der Waals surface area (Å²) in [6.45, 7) is 3.47. The maximum Gasteiger partial charge on any atom is 0.419 e. The van der Waals surface area contributed by atoms with Gasteiger partial charge in [0.15, 0.2) is 0 Å². The van der Waals surface area contributed by atoms with Gasteiger partial charge in [-0.25, -0.2) is 14.0 Å². The fourth-order valence-corrected chi connectivity index (χ4v) is 1.96. The number of benzene rings is 2. The van der Waals surface area contributed by atoms with E-state index in [4.69, 9.17) is 9.47 Å². The van der Waals surface area contributed by atoms with Gasteiger partial charge in [0.05, 0.1) is 6.10 Å². The third kappa shape index (κ3) is 5.49.